The van der Waals surface area contributed by atoms with E-state index in [1.54, 1.807) is 7.11 Å². The number of methoxy groups -OCH3 is 1. The summed E-state index contributed by atoms with van der Waals surface area (Å²) in [6, 6.07) is 1.23. The van der Waals surface area contributed by atoms with Crippen LogP contribution >= 0.6 is 0 Å². The topological polar surface area (TPSA) is 24.5 Å². The zero-order valence-corrected chi connectivity index (χ0v) is 10.6. The predicted molar refractivity (Wildman–Crippen MR) is 64.2 cm³/mol. The van der Waals surface area contributed by atoms with Gasteiger partial charge in [0.05, 0.1) is 6.61 Å². The molecule has 15 heavy (non-hydrogen) atoms. The van der Waals surface area contributed by atoms with Crippen molar-refractivity contribution in [2.45, 2.75) is 39.3 Å². The van der Waals surface area contributed by atoms with E-state index in [0.717, 1.165) is 25.1 Å². The molecule has 0 aromatic rings. The number of rotatable bonds is 6. The highest BCUT2D eigenvalue weighted by atomic mass is 16.5. The summed E-state index contributed by atoms with van der Waals surface area (Å²) >= 11 is 0. The van der Waals surface area contributed by atoms with Crippen LogP contribution in [0.15, 0.2) is 0 Å². The van der Waals surface area contributed by atoms with Crippen LogP contribution in [0.2, 0.25) is 0 Å². The van der Waals surface area contributed by atoms with Crippen LogP contribution in [0.3, 0.4) is 0 Å². The fourth-order valence-corrected chi connectivity index (χ4v) is 2.46. The molecule has 1 fully saturated rings. The second-order valence-electron chi connectivity index (χ2n) is 5.00. The summed E-state index contributed by atoms with van der Waals surface area (Å²) in [4.78, 5) is 2.58. The molecular formula is C12H26N2O. The van der Waals surface area contributed by atoms with Crippen LogP contribution in [0.5, 0.6) is 0 Å². The zero-order chi connectivity index (χ0) is 11.3. The minimum atomic E-state index is 0.463. The second-order valence-corrected chi connectivity index (χ2v) is 5.00. The van der Waals surface area contributed by atoms with E-state index in [1.165, 1.54) is 19.5 Å². The maximum absolute atomic E-state index is 5.09. The van der Waals surface area contributed by atoms with Gasteiger partial charge in [0.1, 0.15) is 0 Å². The summed E-state index contributed by atoms with van der Waals surface area (Å²) in [5.74, 6) is 0.872. The van der Waals surface area contributed by atoms with Gasteiger partial charge in [0.25, 0.3) is 0 Å². The number of nitrogens with zero attached hydrogens (tertiary/aromatic N) is 1. The van der Waals surface area contributed by atoms with E-state index in [2.05, 4.69) is 31.0 Å². The summed E-state index contributed by atoms with van der Waals surface area (Å²) in [5.41, 5.74) is 0. The molecule has 0 aromatic heterocycles. The molecule has 0 amide bonds. The smallest absolute Gasteiger partial charge is 0.0613 e. The molecule has 0 aliphatic carbocycles. The average Bonchev–Trinajstić information content (AvgIpc) is 2.46. The first kappa shape index (κ1) is 12.9. The SMILES string of the molecule is COCC(C)NCCN1CC(C)CC1C. The standard InChI is InChI=1S/C12H26N2O/c1-10-7-12(3)14(8-10)6-5-13-11(2)9-15-4/h10-13H,5-9H2,1-4H3. The monoisotopic (exact) mass is 214 g/mol. The molecule has 3 heteroatoms. The Morgan fingerprint density at radius 3 is 2.73 bits per heavy atom. The van der Waals surface area contributed by atoms with E-state index in [9.17, 15) is 0 Å². The van der Waals surface area contributed by atoms with Crippen LogP contribution < -0.4 is 5.32 Å². The molecule has 0 spiro atoms. The van der Waals surface area contributed by atoms with Crippen molar-refractivity contribution >= 4 is 0 Å². The molecule has 1 rings (SSSR count). The normalized spacial score (nSPS) is 29.6. The van der Waals surface area contributed by atoms with Crippen LogP contribution in [0.4, 0.5) is 0 Å². The second kappa shape index (κ2) is 6.46. The summed E-state index contributed by atoms with van der Waals surface area (Å²) in [7, 11) is 1.75. The van der Waals surface area contributed by atoms with Crippen molar-refractivity contribution < 1.29 is 4.74 Å². The Labute approximate surface area is 94.2 Å². The number of ether oxygens (including phenoxy) is 1. The Balaban J connectivity index is 2.09. The summed E-state index contributed by atoms with van der Waals surface area (Å²) in [6.07, 6.45) is 1.35. The van der Waals surface area contributed by atoms with Crippen LogP contribution in [-0.4, -0.2) is 50.3 Å². The van der Waals surface area contributed by atoms with Gasteiger partial charge in [-0.1, -0.05) is 6.92 Å². The average molecular weight is 214 g/mol. The van der Waals surface area contributed by atoms with Crippen LogP contribution in [0.25, 0.3) is 0 Å². The molecule has 1 aliphatic rings. The van der Waals surface area contributed by atoms with Crippen molar-refractivity contribution in [3.63, 3.8) is 0 Å². The zero-order valence-electron chi connectivity index (χ0n) is 10.6. The lowest BCUT2D eigenvalue weighted by molar-refractivity contribution is 0.168. The van der Waals surface area contributed by atoms with E-state index < -0.39 is 0 Å². The molecule has 1 N–H and O–H groups in total. The van der Waals surface area contributed by atoms with Gasteiger partial charge < -0.3 is 10.1 Å². The molecule has 3 atom stereocenters. The van der Waals surface area contributed by atoms with Crippen molar-refractivity contribution in [3.8, 4) is 0 Å². The lowest BCUT2D eigenvalue weighted by Gasteiger charge is -2.22. The molecule has 3 nitrogen and oxygen atoms in total. The van der Waals surface area contributed by atoms with Crippen LogP contribution in [0, 0.1) is 5.92 Å². The first-order valence-electron chi connectivity index (χ1n) is 6.09. The Kier molecular flexibility index (Phi) is 5.58. The first-order chi connectivity index (χ1) is 7.13. The molecule has 3 unspecified atom stereocenters. The van der Waals surface area contributed by atoms with Gasteiger partial charge in [-0.2, -0.15) is 0 Å². The maximum atomic E-state index is 5.09. The highest BCUT2D eigenvalue weighted by Gasteiger charge is 2.25. The lowest BCUT2D eigenvalue weighted by Crippen LogP contribution is -2.39. The largest absolute Gasteiger partial charge is 0.383 e. The third-order valence-corrected chi connectivity index (χ3v) is 3.22. The molecular weight excluding hydrogens is 188 g/mol. The van der Waals surface area contributed by atoms with Crippen molar-refractivity contribution in [3.05, 3.63) is 0 Å². The summed E-state index contributed by atoms with van der Waals surface area (Å²) in [5, 5.41) is 3.48. The summed E-state index contributed by atoms with van der Waals surface area (Å²) < 4.78 is 5.09. The van der Waals surface area contributed by atoms with Gasteiger partial charge >= 0.3 is 0 Å². The van der Waals surface area contributed by atoms with Gasteiger partial charge in [-0.05, 0) is 26.2 Å². The first-order valence-corrected chi connectivity index (χ1v) is 6.09. The minimum Gasteiger partial charge on any atom is -0.383 e. The third kappa shape index (κ3) is 4.49. The van der Waals surface area contributed by atoms with Crippen molar-refractivity contribution in [2.75, 3.05) is 33.4 Å². The van der Waals surface area contributed by atoms with Crippen molar-refractivity contribution in [2.24, 2.45) is 5.92 Å². The highest BCUT2D eigenvalue weighted by Crippen LogP contribution is 2.21. The fourth-order valence-electron chi connectivity index (χ4n) is 2.46. The molecule has 0 radical (unpaired) electrons. The summed E-state index contributed by atoms with van der Waals surface area (Å²) in [6.45, 7) is 11.1. The third-order valence-electron chi connectivity index (χ3n) is 3.22. The Bertz CT molecular complexity index is 175. The van der Waals surface area contributed by atoms with E-state index in [-0.39, 0.29) is 0 Å². The lowest BCUT2D eigenvalue weighted by atomic mass is 10.1. The molecule has 1 aliphatic heterocycles. The molecule has 1 saturated heterocycles. The Morgan fingerprint density at radius 2 is 2.20 bits per heavy atom. The van der Waals surface area contributed by atoms with Gasteiger partial charge in [0, 0.05) is 38.8 Å². The Morgan fingerprint density at radius 1 is 1.47 bits per heavy atom. The molecule has 0 saturated carbocycles. The van der Waals surface area contributed by atoms with Gasteiger partial charge in [0.15, 0.2) is 0 Å². The number of likely N-dealkylation sites (tertiary alicyclic amines) is 1. The maximum Gasteiger partial charge on any atom is 0.0613 e. The molecule has 1 heterocycles. The Hall–Kier alpha value is -0.120. The minimum absolute atomic E-state index is 0.463. The van der Waals surface area contributed by atoms with E-state index in [1.807, 2.05) is 0 Å². The van der Waals surface area contributed by atoms with Crippen LogP contribution in [0.1, 0.15) is 27.2 Å². The molecule has 90 valence electrons. The molecule has 0 aromatic carbocycles. The number of hydrogen-bond acceptors (Lipinski definition) is 3. The quantitative estimate of drug-likeness (QED) is 0.722. The van der Waals surface area contributed by atoms with Crippen LogP contribution in [-0.2, 0) is 4.74 Å². The van der Waals surface area contributed by atoms with E-state index >= 15 is 0 Å². The van der Waals surface area contributed by atoms with Crippen molar-refractivity contribution in [1.29, 1.82) is 0 Å². The predicted octanol–water partition coefficient (Wildman–Crippen LogP) is 1.34. The fraction of sp³-hybridized carbons (Fsp3) is 1.00. The van der Waals surface area contributed by atoms with Gasteiger partial charge in [-0.3, -0.25) is 4.90 Å². The number of hydrogen-bond donors (Lipinski definition) is 1. The highest BCUT2D eigenvalue weighted by molar-refractivity contribution is 4.80. The van der Waals surface area contributed by atoms with Crippen molar-refractivity contribution in [1.82, 2.24) is 10.2 Å². The van der Waals surface area contributed by atoms with Gasteiger partial charge in [-0.25, -0.2) is 0 Å². The van der Waals surface area contributed by atoms with E-state index in [4.69, 9.17) is 4.74 Å². The van der Waals surface area contributed by atoms with Gasteiger partial charge in [0.2, 0.25) is 0 Å². The molecule has 0 bridgehead atoms. The number of nitrogens with one attached hydrogen (secondary N) is 1. The van der Waals surface area contributed by atoms with Gasteiger partial charge in [-0.15, -0.1) is 0 Å². The van der Waals surface area contributed by atoms with E-state index in [0.29, 0.717) is 6.04 Å².